The van der Waals surface area contributed by atoms with Crippen LogP contribution in [0, 0.1) is 0 Å². The highest BCUT2D eigenvalue weighted by Crippen LogP contribution is 2.11. The number of nitrogens with two attached hydrogens (primary N) is 1. The Morgan fingerprint density at radius 3 is 2.67 bits per heavy atom. The number of benzene rings is 1. The standard InChI is InChI=1S/C10H8N4O3S/c11-10-12-8(14-18-10)7(9(15)16)13-17-6-4-2-1-3-5-6/h1-5H,(H,15,16)(H2,11,12,14)/b13-7-. The van der Waals surface area contributed by atoms with E-state index < -0.39 is 11.7 Å². The molecule has 0 aliphatic carbocycles. The number of carboxylic acid groups (broad SMARTS) is 1. The Kier molecular flexibility index (Phi) is 3.49. The van der Waals surface area contributed by atoms with E-state index in [2.05, 4.69) is 14.5 Å². The van der Waals surface area contributed by atoms with Crippen LogP contribution < -0.4 is 10.6 Å². The summed E-state index contributed by atoms with van der Waals surface area (Å²) in [6, 6.07) is 8.57. The number of anilines is 1. The zero-order valence-electron chi connectivity index (χ0n) is 8.98. The number of rotatable bonds is 4. The molecule has 0 amide bonds. The van der Waals surface area contributed by atoms with Crippen LogP contribution in [0.4, 0.5) is 5.13 Å². The highest BCUT2D eigenvalue weighted by Gasteiger charge is 2.19. The van der Waals surface area contributed by atoms with Crippen molar-refractivity contribution in [2.75, 3.05) is 5.73 Å². The summed E-state index contributed by atoms with van der Waals surface area (Å²) in [6.07, 6.45) is 0. The normalized spacial score (nSPS) is 11.2. The summed E-state index contributed by atoms with van der Waals surface area (Å²) in [5.41, 5.74) is 4.98. The largest absolute Gasteiger partial charge is 0.476 e. The van der Waals surface area contributed by atoms with Gasteiger partial charge in [0.05, 0.1) is 0 Å². The Labute approximate surface area is 106 Å². The van der Waals surface area contributed by atoms with E-state index in [0.717, 1.165) is 11.5 Å². The zero-order valence-corrected chi connectivity index (χ0v) is 9.79. The fraction of sp³-hybridized carbons (Fsp3) is 0. The predicted octanol–water partition coefficient (Wildman–Crippen LogP) is 0.988. The minimum atomic E-state index is -1.29. The van der Waals surface area contributed by atoms with Crippen LogP contribution in [-0.2, 0) is 4.79 Å². The van der Waals surface area contributed by atoms with Crippen molar-refractivity contribution < 1.29 is 14.7 Å². The van der Waals surface area contributed by atoms with Gasteiger partial charge in [-0.05, 0) is 12.1 Å². The molecule has 2 rings (SSSR count). The molecule has 2 aromatic rings. The fourth-order valence-corrected chi connectivity index (χ4v) is 1.52. The number of nitrogens with zero attached hydrogens (tertiary/aromatic N) is 3. The monoisotopic (exact) mass is 264 g/mol. The molecule has 0 fully saturated rings. The smallest absolute Gasteiger partial charge is 0.362 e. The van der Waals surface area contributed by atoms with Crippen LogP contribution >= 0.6 is 11.5 Å². The van der Waals surface area contributed by atoms with Crippen molar-refractivity contribution in [3.05, 3.63) is 36.2 Å². The molecule has 0 aliphatic heterocycles. The first-order valence-electron chi connectivity index (χ1n) is 4.79. The van der Waals surface area contributed by atoms with Gasteiger partial charge >= 0.3 is 5.97 Å². The second-order valence-corrected chi connectivity index (χ2v) is 3.89. The lowest BCUT2D eigenvalue weighted by Crippen LogP contribution is -2.17. The molecule has 92 valence electrons. The molecule has 0 saturated carbocycles. The molecule has 7 nitrogen and oxygen atoms in total. The van der Waals surface area contributed by atoms with E-state index >= 15 is 0 Å². The van der Waals surface area contributed by atoms with Gasteiger partial charge in [0.1, 0.15) is 0 Å². The number of para-hydroxylation sites is 1. The van der Waals surface area contributed by atoms with Crippen LogP contribution in [0.2, 0.25) is 0 Å². The molecule has 0 spiro atoms. The quantitative estimate of drug-likeness (QED) is 0.629. The molecule has 0 bridgehead atoms. The van der Waals surface area contributed by atoms with Gasteiger partial charge in [-0.25, -0.2) is 4.79 Å². The van der Waals surface area contributed by atoms with Crippen LogP contribution in [0.15, 0.2) is 35.5 Å². The Balaban J connectivity index is 2.23. The fourth-order valence-electron chi connectivity index (χ4n) is 1.09. The number of aliphatic carboxylic acids is 1. The van der Waals surface area contributed by atoms with Crippen LogP contribution in [0.25, 0.3) is 0 Å². The molecule has 0 saturated heterocycles. The van der Waals surface area contributed by atoms with Gasteiger partial charge in [-0.1, -0.05) is 23.4 Å². The number of carboxylic acids is 1. The van der Waals surface area contributed by atoms with Crippen LogP contribution in [-0.4, -0.2) is 26.1 Å². The summed E-state index contributed by atoms with van der Waals surface area (Å²) >= 11 is 0.889. The van der Waals surface area contributed by atoms with Crippen molar-refractivity contribution in [3.8, 4) is 5.75 Å². The van der Waals surface area contributed by atoms with Gasteiger partial charge in [-0.2, -0.15) is 9.36 Å². The lowest BCUT2D eigenvalue weighted by Gasteiger charge is -1.98. The maximum Gasteiger partial charge on any atom is 0.362 e. The minimum Gasteiger partial charge on any atom is -0.476 e. The van der Waals surface area contributed by atoms with Gasteiger partial charge in [0, 0.05) is 11.5 Å². The van der Waals surface area contributed by atoms with E-state index in [0.29, 0.717) is 5.75 Å². The van der Waals surface area contributed by atoms with Crippen molar-refractivity contribution in [1.29, 1.82) is 0 Å². The molecular formula is C10H8N4O3S. The Morgan fingerprint density at radius 1 is 1.39 bits per heavy atom. The van der Waals surface area contributed by atoms with E-state index in [-0.39, 0.29) is 11.0 Å². The van der Waals surface area contributed by atoms with Crippen molar-refractivity contribution in [2.45, 2.75) is 0 Å². The van der Waals surface area contributed by atoms with Gasteiger partial charge in [0.25, 0.3) is 0 Å². The van der Waals surface area contributed by atoms with Gasteiger partial charge in [-0.3, -0.25) is 0 Å². The average molecular weight is 264 g/mol. The van der Waals surface area contributed by atoms with Crippen molar-refractivity contribution in [1.82, 2.24) is 9.36 Å². The maximum absolute atomic E-state index is 11.0. The minimum absolute atomic E-state index is 0.0686. The predicted molar refractivity (Wildman–Crippen MR) is 65.6 cm³/mol. The SMILES string of the molecule is Nc1nc(/C(=N/Oc2ccccc2)C(=O)O)ns1. The summed E-state index contributed by atoms with van der Waals surface area (Å²) in [5, 5.41) is 12.7. The third-order valence-electron chi connectivity index (χ3n) is 1.84. The zero-order chi connectivity index (χ0) is 13.0. The van der Waals surface area contributed by atoms with Crippen molar-refractivity contribution in [3.63, 3.8) is 0 Å². The van der Waals surface area contributed by atoms with Gasteiger partial charge in [-0.15, -0.1) is 0 Å². The van der Waals surface area contributed by atoms with E-state index in [1.807, 2.05) is 0 Å². The first-order valence-corrected chi connectivity index (χ1v) is 5.57. The Morgan fingerprint density at radius 2 is 2.11 bits per heavy atom. The maximum atomic E-state index is 11.0. The summed E-state index contributed by atoms with van der Waals surface area (Å²) < 4.78 is 3.76. The van der Waals surface area contributed by atoms with Crippen LogP contribution in [0.1, 0.15) is 5.82 Å². The number of hydrogen-bond acceptors (Lipinski definition) is 7. The molecule has 3 N–H and O–H groups in total. The molecular weight excluding hydrogens is 256 g/mol. The molecule has 0 radical (unpaired) electrons. The number of aromatic nitrogens is 2. The summed E-state index contributed by atoms with van der Waals surface area (Å²) in [4.78, 5) is 19.7. The number of hydrogen-bond donors (Lipinski definition) is 2. The lowest BCUT2D eigenvalue weighted by molar-refractivity contribution is -0.129. The third kappa shape index (κ3) is 2.80. The second-order valence-electron chi connectivity index (χ2n) is 3.11. The van der Waals surface area contributed by atoms with Gasteiger partial charge in [0.15, 0.2) is 10.9 Å². The Bertz CT molecular complexity index is 582. The molecule has 1 aromatic heterocycles. The van der Waals surface area contributed by atoms with Gasteiger partial charge in [0.2, 0.25) is 11.5 Å². The lowest BCUT2D eigenvalue weighted by atomic mass is 10.3. The van der Waals surface area contributed by atoms with Crippen LogP contribution in [0.5, 0.6) is 5.75 Å². The highest BCUT2D eigenvalue weighted by molar-refractivity contribution is 7.09. The second kappa shape index (κ2) is 5.23. The molecule has 0 unspecified atom stereocenters. The van der Waals surface area contributed by atoms with Gasteiger partial charge < -0.3 is 15.7 Å². The molecule has 0 atom stereocenters. The summed E-state index contributed by atoms with van der Waals surface area (Å²) in [6.45, 7) is 0. The molecule has 1 heterocycles. The van der Waals surface area contributed by atoms with E-state index in [1.54, 1.807) is 30.3 Å². The molecule has 1 aromatic carbocycles. The average Bonchev–Trinajstić information content (AvgIpc) is 2.77. The molecule has 8 heteroatoms. The highest BCUT2D eigenvalue weighted by atomic mass is 32.1. The first-order chi connectivity index (χ1) is 8.66. The van der Waals surface area contributed by atoms with E-state index in [9.17, 15) is 4.79 Å². The van der Waals surface area contributed by atoms with Crippen LogP contribution in [0.3, 0.4) is 0 Å². The van der Waals surface area contributed by atoms with E-state index in [4.69, 9.17) is 15.7 Å². The number of nitrogen functional groups attached to an aromatic ring is 1. The van der Waals surface area contributed by atoms with Crippen molar-refractivity contribution in [2.24, 2.45) is 5.16 Å². The third-order valence-corrected chi connectivity index (χ3v) is 2.38. The molecule has 0 aliphatic rings. The first kappa shape index (κ1) is 12.0. The van der Waals surface area contributed by atoms with Crippen molar-refractivity contribution >= 4 is 28.3 Å². The Hall–Kier alpha value is -2.48. The summed E-state index contributed by atoms with van der Waals surface area (Å²) in [5.74, 6) is -0.941. The van der Waals surface area contributed by atoms with E-state index in [1.165, 1.54) is 0 Å². The topological polar surface area (TPSA) is 111 Å². The number of carbonyl (C=O) groups is 1. The summed E-state index contributed by atoms with van der Waals surface area (Å²) in [7, 11) is 0. The number of oxime groups is 1. The molecule has 18 heavy (non-hydrogen) atoms.